The van der Waals surface area contributed by atoms with Crippen LogP contribution in [0.3, 0.4) is 0 Å². The minimum absolute atomic E-state index is 0.00121. The van der Waals surface area contributed by atoms with Crippen LogP contribution < -0.4 is 5.32 Å². The third kappa shape index (κ3) is 3.82. The van der Waals surface area contributed by atoms with Gasteiger partial charge in [-0.05, 0) is 37.7 Å². The highest BCUT2D eigenvalue weighted by molar-refractivity contribution is 7.80. The Hall–Kier alpha value is -2.00. The third-order valence-corrected chi connectivity index (χ3v) is 5.94. The summed E-state index contributed by atoms with van der Waals surface area (Å²) in [4.78, 5) is 15.2. The number of nitrogens with one attached hydrogen (secondary N) is 1. The molecule has 0 radical (unpaired) electrons. The van der Waals surface area contributed by atoms with E-state index in [4.69, 9.17) is 4.18 Å². The Morgan fingerprint density at radius 2 is 2.16 bits per heavy atom. The highest BCUT2D eigenvalue weighted by Gasteiger charge is 2.26. The molecule has 0 aliphatic heterocycles. The molecule has 0 bridgehead atoms. The number of anilines is 1. The standard InChI is InChI=1S/C16H22N4O4S/c1-19-8-7-13-15(14(20(21)22)9-17-16(13)19)18-12-5-3-11(4-6-12)10-25(23)24-2/h7-9,11-12H,3-6,10H2,1-2H3,(H,17,18). The Bertz CT molecular complexity index is 799. The van der Waals surface area contributed by atoms with Crippen molar-refractivity contribution >= 4 is 33.5 Å². The first kappa shape index (κ1) is 17.8. The van der Waals surface area contributed by atoms with Crippen LogP contribution in [0.15, 0.2) is 18.5 Å². The lowest BCUT2D eigenvalue weighted by Crippen LogP contribution is -2.28. The highest BCUT2D eigenvalue weighted by atomic mass is 32.2. The Labute approximate surface area is 148 Å². The monoisotopic (exact) mass is 366 g/mol. The lowest BCUT2D eigenvalue weighted by atomic mass is 9.87. The molecule has 2 aromatic rings. The van der Waals surface area contributed by atoms with Crippen LogP contribution in [-0.2, 0) is 22.3 Å². The maximum absolute atomic E-state index is 11.5. The number of rotatable bonds is 6. The number of aryl methyl sites for hydroxylation is 1. The Kier molecular flexibility index (Phi) is 5.33. The number of fused-ring (bicyclic) bond motifs is 1. The fourth-order valence-electron chi connectivity index (χ4n) is 3.43. The van der Waals surface area contributed by atoms with Crippen molar-refractivity contribution in [2.24, 2.45) is 13.0 Å². The second-order valence-corrected chi connectivity index (χ2v) is 7.71. The predicted octanol–water partition coefficient (Wildman–Crippen LogP) is 2.76. The zero-order valence-electron chi connectivity index (χ0n) is 14.3. The summed E-state index contributed by atoms with van der Waals surface area (Å²) >= 11 is -1.22. The fourth-order valence-corrected chi connectivity index (χ4v) is 4.28. The van der Waals surface area contributed by atoms with E-state index in [1.165, 1.54) is 13.3 Å². The Balaban J connectivity index is 1.76. The maximum Gasteiger partial charge on any atom is 0.311 e. The van der Waals surface area contributed by atoms with Crippen LogP contribution in [0.5, 0.6) is 0 Å². The molecule has 2 heterocycles. The van der Waals surface area contributed by atoms with Crippen LogP contribution >= 0.6 is 0 Å². The molecule has 1 saturated carbocycles. The summed E-state index contributed by atoms with van der Waals surface area (Å²) < 4.78 is 18.2. The van der Waals surface area contributed by atoms with Crippen molar-refractivity contribution in [2.45, 2.75) is 31.7 Å². The van der Waals surface area contributed by atoms with Crippen LogP contribution in [-0.4, -0.2) is 37.6 Å². The van der Waals surface area contributed by atoms with Crippen LogP contribution in [0.1, 0.15) is 25.7 Å². The average Bonchev–Trinajstić information content (AvgIpc) is 2.98. The molecule has 1 unspecified atom stereocenters. The van der Waals surface area contributed by atoms with Crippen molar-refractivity contribution in [3.63, 3.8) is 0 Å². The third-order valence-electron chi connectivity index (χ3n) is 4.82. The minimum atomic E-state index is -1.22. The molecule has 1 atom stereocenters. The van der Waals surface area contributed by atoms with Gasteiger partial charge >= 0.3 is 5.69 Å². The van der Waals surface area contributed by atoms with E-state index in [9.17, 15) is 14.3 Å². The zero-order valence-corrected chi connectivity index (χ0v) is 15.1. The number of hydrogen-bond donors (Lipinski definition) is 1. The van der Waals surface area contributed by atoms with Crippen LogP contribution in [0.2, 0.25) is 0 Å². The normalized spacial score (nSPS) is 22.0. The first-order chi connectivity index (χ1) is 12.0. The molecule has 0 spiro atoms. The molecule has 8 nitrogen and oxygen atoms in total. The molecule has 9 heteroatoms. The van der Waals surface area contributed by atoms with Gasteiger partial charge in [0.25, 0.3) is 0 Å². The van der Waals surface area contributed by atoms with Crippen molar-refractivity contribution in [1.82, 2.24) is 9.55 Å². The summed E-state index contributed by atoms with van der Waals surface area (Å²) in [5.41, 5.74) is 1.26. The van der Waals surface area contributed by atoms with Crippen molar-refractivity contribution in [3.8, 4) is 0 Å². The fraction of sp³-hybridized carbons (Fsp3) is 0.562. The van der Waals surface area contributed by atoms with Gasteiger partial charge in [0.15, 0.2) is 11.1 Å². The van der Waals surface area contributed by atoms with E-state index in [-0.39, 0.29) is 11.7 Å². The maximum atomic E-state index is 11.5. The molecule has 136 valence electrons. The van der Waals surface area contributed by atoms with Gasteiger partial charge in [0.05, 0.1) is 17.8 Å². The largest absolute Gasteiger partial charge is 0.376 e. The molecular weight excluding hydrogens is 344 g/mol. The van der Waals surface area contributed by atoms with Crippen molar-refractivity contribution in [1.29, 1.82) is 0 Å². The van der Waals surface area contributed by atoms with E-state index in [2.05, 4.69) is 10.3 Å². The lowest BCUT2D eigenvalue weighted by Gasteiger charge is -2.29. The molecule has 2 aromatic heterocycles. The second kappa shape index (κ2) is 7.49. The number of hydrogen-bond acceptors (Lipinski definition) is 6. The van der Waals surface area contributed by atoms with Crippen LogP contribution in [0.4, 0.5) is 11.4 Å². The SMILES string of the molecule is COS(=O)CC1CCC(Nc2c([N+](=O)[O-])cnc3c2ccn3C)CC1. The minimum Gasteiger partial charge on any atom is -0.376 e. The Morgan fingerprint density at radius 3 is 2.80 bits per heavy atom. The smallest absolute Gasteiger partial charge is 0.311 e. The van der Waals surface area contributed by atoms with Gasteiger partial charge in [-0.25, -0.2) is 9.19 Å². The number of aromatic nitrogens is 2. The molecule has 1 N–H and O–H groups in total. The second-order valence-electron chi connectivity index (χ2n) is 6.44. The van der Waals surface area contributed by atoms with Gasteiger partial charge in [0, 0.05) is 24.7 Å². The first-order valence-corrected chi connectivity index (χ1v) is 9.51. The molecule has 0 amide bonds. The molecule has 1 aliphatic rings. The molecule has 25 heavy (non-hydrogen) atoms. The summed E-state index contributed by atoms with van der Waals surface area (Å²) in [7, 11) is 3.32. The van der Waals surface area contributed by atoms with Gasteiger partial charge in [-0.2, -0.15) is 0 Å². The summed E-state index contributed by atoms with van der Waals surface area (Å²) in [5.74, 6) is 0.935. The first-order valence-electron chi connectivity index (χ1n) is 8.27. The summed E-state index contributed by atoms with van der Waals surface area (Å²) in [5, 5.41) is 15.5. The van der Waals surface area contributed by atoms with E-state index >= 15 is 0 Å². The number of pyridine rings is 1. The Morgan fingerprint density at radius 1 is 1.44 bits per heavy atom. The highest BCUT2D eigenvalue weighted by Crippen LogP contribution is 2.35. The zero-order chi connectivity index (χ0) is 18.0. The topological polar surface area (TPSA) is 99.3 Å². The van der Waals surface area contributed by atoms with Crippen molar-refractivity contribution in [3.05, 3.63) is 28.6 Å². The van der Waals surface area contributed by atoms with E-state index in [0.717, 1.165) is 36.7 Å². The van der Waals surface area contributed by atoms with Crippen LogP contribution in [0, 0.1) is 16.0 Å². The average molecular weight is 366 g/mol. The van der Waals surface area contributed by atoms with Crippen molar-refractivity contribution in [2.75, 3.05) is 18.2 Å². The number of nitro groups is 1. The van der Waals surface area contributed by atoms with E-state index in [0.29, 0.717) is 17.4 Å². The van der Waals surface area contributed by atoms with E-state index in [1.54, 1.807) is 0 Å². The van der Waals surface area contributed by atoms with Crippen molar-refractivity contribution < 1.29 is 13.3 Å². The summed E-state index contributed by atoms with van der Waals surface area (Å²) in [6.45, 7) is 0. The molecule has 1 fully saturated rings. The van der Waals surface area contributed by atoms with Crippen LogP contribution in [0.25, 0.3) is 11.0 Å². The van der Waals surface area contributed by atoms with Gasteiger partial charge in [-0.15, -0.1) is 0 Å². The summed E-state index contributed by atoms with van der Waals surface area (Å²) in [6, 6.07) is 2.02. The predicted molar refractivity (Wildman–Crippen MR) is 96.8 cm³/mol. The molecule has 3 rings (SSSR count). The number of nitrogens with zero attached hydrogens (tertiary/aromatic N) is 3. The molecular formula is C16H22N4O4S. The van der Waals surface area contributed by atoms with Gasteiger partial charge < -0.3 is 9.88 Å². The lowest BCUT2D eigenvalue weighted by molar-refractivity contribution is -0.384. The van der Waals surface area contributed by atoms with Gasteiger partial charge in [-0.3, -0.25) is 14.3 Å². The van der Waals surface area contributed by atoms with Gasteiger partial charge in [-0.1, -0.05) is 0 Å². The van der Waals surface area contributed by atoms with E-state index < -0.39 is 16.0 Å². The summed E-state index contributed by atoms with van der Waals surface area (Å²) in [6.07, 6.45) is 6.81. The van der Waals surface area contributed by atoms with E-state index in [1.807, 2.05) is 23.9 Å². The van der Waals surface area contributed by atoms with Gasteiger partial charge in [0.1, 0.15) is 17.5 Å². The van der Waals surface area contributed by atoms with Gasteiger partial charge in [0.2, 0.25) is 0 Å². The quantitative estimate of drug-likeness (QED) is 0.623. The molecule has 0 aromatic carbocycles. The molecule has 1 aliphatic carbocycles. The molecule has 0 saturated heterocycles.